The van der Waals surface area contributed by atoms with Gasteiger partial charge < -0.3 is 24.7 Å². The molecule has 3 aromatic rings. The van der Waals surface area contributed by atoms with Crippen LogP contribution in [0.2, 0.25) is 0 Å². The SMILES string of the molecule is CC1(c2ccc(-c3ccc(N4C[C@H](CO)OC4=O)cc3F)cc2)Cn2cc([N+](=O)[O-])nc2O1. The van der Waals surface area contributed by atoms with Crippen molar-refractivity contribution in [2.24, 2.45) is 0 Å². The number of aliphatic hydroxyl groups is 1. The largest absolute Gasteiger partial charge is 0.441 e. The van der Waals surface area contributed by atoms with Crippen molar-refractivity contribution in [1.29, 1.82) is 0 Å². The number of fused-ring (bicyclic) bond motifs is 1. The van der Waals surface area contributed by atoms with Gasteiger partial charge in [0.1, 0.15) is 18.1 Å². The molecule has 1 unspecified atom stereocenters. The maximum absolute atomic E-state index is 14.9. The summed E-state index contributed by atoms with van der Waals surface area (Å²) in [6.45, 7) is 2.07. The van der Waals surface area contributed by atoms with E-state index in [9.17, 15) is 19.3 Å². The number of halogens is 1. The summed E-state index contributed by atoms with van der Waals surface area (Å²) < 4.78 is 27.4. The van der Waals surface area contributed by atoms with Crippen LogP contribution in [0.15, 0.2) is 48.7 Å². The number of rotatable bonds is 5. The first-order chi connectivity index (χ1) is 15.8. The molecule has 1 aromatic heterocycles. The number of nitrogens with zero attached hydrogens (tertiary/aromatic N) is 4. The summed E-state index contributed by atoms with van der Waals surface area (Å²) in [5.74, 6) is -0.772. The number of benzene rings is 2. The van der Waals surface area contributed by atoms with Gasteiger partial charge in [-0.05, 0) is 41.2 Å². The van der Waals surface area contributed by atoms with E-state index in [-0.39, 0.29) is 25.0 Å². The Hall–Kier alpha value is -3.99. The molecule has 11 heteroatoms. The molecule has 2 aromatic carbocycles. The maximum Gasteiger partial charge on any atom is 0.415 e. The van der Waals surface area contributed by atoms with Crippen LogP contribution in [-0.4, -0.2) is 44.9 Å². The van der Waals surface area contributed by atoms with Crippen LogP contribution in [0.3, 0.4) is 0 Å². The summed E-state index contributed by atoms with van der Waals surface area (Å²) in [5, 5.41) is 20.1. The molecular formula is C22H19FN4O6. The Morgan fingerprint density at radius 1 is 1.30 bits per heavy atom. The fraction of sp³-hybridized carbons (Fsp3) is 0.273. The van der Waals surface area contributed by atoms with Gasteiger partial charge in [0, 0.05) is 10.5 Å². The number of aliphatic hydroxyl groups excluding tert-OH is 1. The van der Waals surface area contributed by atoms with Crippen molar-refractivity contribution in [3.63, 3.8) is 0 Å². The van der Waals surface area contributed by atoms with Gasteiger partial charge in [0.15, 0.2) is 5.60 Å². The van der Waals surface area contributed by atoms with E-state index >= 15 is 0 Å². The molecule has 0 spiro atoms. The molecule has 170 valence electrons. The average molecular weight is 454 g/mol. The third-order valence-electron chi connectivity index (χ3n) is 5.85. The summed E-state index contributed by atoms with van der Waals surface area (Å²) in [6, 6.07) is 11.8. The summed E-state index contributed by atoms with van der Waals surface area (Å²) in [5.41, 5.74) is 1.39. The van der Waals surface area contributed by atoms with Crippen LogP contribution in [0.25, 0.3) is 11.1 Å². The first kappa shape index (κ1) is 20.9. The fourth-order valence-electron chi connectivity index (χ4n) is 4.11. The molecule has 2 aliphatic rings. The highest BCUT2D eigenvalue weighted by Gasteiger charge is 2.41. The number of hydrogen-bond acceptors (Lipinski definition) is 7. The van der Waals surface area contributed by atoms with Crippen molar-refractivity contribution in [2.45, 2.75) is 25.2 Å². The van der Waals surface area contributed by atoms with Gasteiger partial charge in [0.2, 0.25) is 0 Å². The van der Waals surface area contributed by atoms with Crippen LogP contribution in [0.5, 0.6) is 6.01 Å². The van der Waals surface area contributed by atoms with Crippen molar-refractivity contribution >= 4 is 17.6 Å². The minimum absolute atomic E-state index is 0.155. The first-order valence-electron chi connectivity index (χ1n) is 10.2. The molecule has 1 saturated heterocycles. The average Bonchev–Trinajstić information content (AvgIpc) is 3.45. The molecule has 0 bridgehead atoms. The van der Waals surface area contributed by atoms with Gasteiger partial charge in [-0.2, -0.15) is 0 Å². The maximum atomic E-state index is 14.9. The zero-order valence-electron chi connectivity index (χ0n) is 17.5. The number of carbonyl (C=O) groups is 1. The van der Waals surface area contributed by atoms with Gasteiger partial charge in [0.25, 0.3) is 0 Å². The molecule has 10 nitrogen and oxygen atoms in total. The number of hydrogen-bond donors (Lipinski definition) is 1. The molecule has 3 heterocycles. The van der Waals surface area contributed by atoms with Gasteiger partial charge in [-0.3, -0.25) is 9.47 Å². The van der Waals surface area contributed by atoms with Crippen LogP contribution in [0.4, 0.5) is 20.7 Å². The lowest BCUT2D eigenvalue weighted by atomic mass is 9.93. The molecule has 1 fully saturated rings. The lowest BCUT2D eigenvalue weighted by Crippen LogP contribution is -2.28. The monoisotopic (exact) mass is 454 g/mol. The van der Waals surface area contributed by atoms with E-state index in [0.29, 0.717) is 23.4 Å². The molecule has 5 rings (SSSR count). The lowest BCUT2D eigenvalue weighted by Gasteiger charge is -2.22. The third kappa shape index (κ3) is 3.55. The van der Waals surface area contributed by atoms with Gasteiger partial charge in [0.05, 0.1) is 25.4 Å². The van der Waals surface area contributed by atoms with Gasteiger partial charge in [-0.1, -0.05) is 24.3 Å². The molecule has 1 amide bonds. The smallest absolute Gasteiger partial charge is 0.415 e. The van der Waals surface area contributed by atoms with Crippen LogP contribution >= 0.6 is 0 Å². The zero-order valence-corrected chi connectivity index (χ0v) is 17.5. The van der Waals surface area contributed by atoms with Crippen molar-refractivity contribution in [2.75, 3.05) is 18.1 Å². The number of ether oxygens (including phenoxy) is 2. The van der Waals surface area contributed by atoms with Gasteiger partial charge in [-0.25, -0.2) is 9.18 Å². The molecule has 33 heavy (non-hydrogen) atoms. The summed E-state index contributed by atoms with van der Waals surface area (Å²) in [7, 11) is 0. The minimum atomic E-state index is -0.766. The second-order valence-electron chi connectivity index (χ2n) is 8.14. The predicted molar refractivity (Wildman–Crippen MR) is 113 cm³/mol. The second kappa shape index (κ2) is 7.55. The topological polar surface area (TPSA) is 120 Å². The van der Waals surface area contributed by atoms with Gasteiger partial charge >= 0.3 is 17.9 Å². The van der Waals surface area contributed by atoms with E-state index in [1.165, 1.54) is 17.2 Å². The molecule has 0 aliphatic carbocycles. The Morgan fingerprint density at radius 3 is 2.67 bits per heavy atom. The van der Waals surface area contributed by atoms with E-state index < -0.39 is 28.5 Å². The number of cyclic esters (lactones) is 1. The Morgan fingerprint density at radius 2 is 2.06 bits per heavy atom. The highest BCUT2D eigenvalue weighted by Crippen LogP contribution is 2.38. The number of aromatic nitrogens is 2. The highest BCUT2D eigenvalue weighted by atomic mass is 19.1. The minimum Gasteiger partial charge on any atom is -0.441 e. The Bertz CT molecular complexity index is 1230. The van der Waals surface area contributed by atoms with Crippen molar-refractivity contribution < 1.29 is 28.7 Å². The van der Waals surface area contributed by atoms with E-state index in [1.54, 1.807) is 28.8 Å². The Labute approximate surface area is 186 Å². The fourth-order valence-corrected chi connectivity index (χ4v) is 4.11. The zero-order chi connectivity index (χ0) is 23.3. The van der Waals surface area contributed by atoms with Crippen molar-refractivity contribution in [3.05, 3.63) is 70.2 Å². The molecule has 0 radical (unpaired) electrons. The Kier molecular flexibility index (Phi) is 4.78. The standard InChI is InChI=1S/C22H19FN4O6/c1-22(12-25-10-19(27(30)31)24-20(25)33-22)14-4-2-13(3-5-14)17-7-6-15(8-18(17)23)26-9-16(11-28)32-21(26)29/h2-8,10,16,28H,9,11-12H2,1H3/t16-,22?/m1/s1. The second-order valence-corrected chi connectivity index (χ2v) is 8.14. The number of nitro groups is 1. The molecule has 2 aliphatic heterocycles. The number of anilines is 1. The highest BCUT2D eigenvalue weighted by molar-refractivity contribution is 5.90. The van der Waals surface area contributed by atoms with Crippen molar-refractivity contribution in [1.82, 2.24) is 9.55 Å². The van der Waals surface area contributed by atoms with E-state index in [2.05, 4.69) is 4.98 Å². The summed E-state index contributed by atoms with van der Waals surface area (Å²) in [4.78, 5) is 27.4. The molecule has 1 N–H and O–H groups in total. The quantitative estimate of drug-likeness (QED) is 0.464. The van der Waals surface area contributed by atoms with E-state index in [4.69, 9.17) is 14.6 Å². The molecular weight excluding hydrogens is 435 g/mol. The van der Waals surface area contributed by atoms with Crippen molar-refractivity contribution in [3.8, 4) is 17.1 Å². The van der Waals surface area contributed by atoms with Crippen LogP contribution in [-0.2, 0) is 16.9 Å². The normalized spacial score (nSPS) is 21.6. The van der Waals surface area contributed by atoms with Gasteiger partial charge in [-0.15, -0.1) is 0 Å². The number of amides is 1. The van der Waals surface area contributed by atoms with Crippen LogP contribution in [0.1, 0.15) is 12.5 Å². The number of imidazole rings is 1. The third-order valence-corrected chi connectivity index (χ3v) is 5.85. The first-order valence-corrected chi connectivity index (χ1v) is 10.2. The van der Waals surface area contributed by atoms with Crippen LogP contribution in [0, 0.1) is 15.9 Å². The summed E-state index contributed by atoms with van der Waals surface area (Å²) in [6.07, 6.45) is 0.0844. The van der Waals surface area contributed by atoms with E-state index in [0.717, 1.165) is 5.56 Å². The van der Waals surface area contributed by atoms with E-state index in [1.807, 2.05) is 19.1 Å². The molecule has 2 atom stereocenters. The summed E-state index contributed by atoms with van der Waals surface area (Å²) >= 11 is 0. The Balaban J connectivity index is 1.35. The lowest BCUT2D eigenvalue weighted by molar-refractivity contribution is -0.389. The number of carbonyl (C=O) groups excluding carboxylic acids is 1. The van der Waals surface area contributed by atoms with Crippen LogP contribution < -0.4 is 9.64 Å². The molecule has 0 saturated carbocycles. The predicted octanol–water partition coefficient (Wildman–Crippen LogP) is 3.22.